The van der Waals surface area contributed by atoms with E-state index in [0.29, 0.717) is 0 Å². The van der Waals surface area contributed by atoms with Gasteiger partial charge in [0.15, 0.2) is 0 Å². The molecule has 0 heterocycles. The number of carbonyl (C=O) groups is 1. The molecule has 0 aliphatic heterocycles. The van der Waals surface area contributed by atoms with Gasteiger partial charge in [-0.25, -0.2) is 0 Å². The van der Waals surface area contributed by atoms with Crippen molar-refractivity contribution in [1.29, 1.82) is 0 Å². The van der Waals surface area contributed by atoms with Crippen molar-refractivity contribution in [3.63, 3.8) is 0 Å². The molecule has 0 saturated carbocycles. The molecule has 0 aliphatic carbocycles. The van der Waals surface area contributed by atoms with Crippen LogP contribution in [0.3, 0.4) is 0 Å². The van der Waals surface area contributed by atoms with E-state index in [4.69, 9.17) is 17.7 Å². The zero-order valence-corrected chi connectivity index (χ0v) is 5.09. The van der Waals surface area contributed by atoms with E-state index in [1.165, 1.54) is 0 Å². The zero-order valence-electron chi connectivity index (χ0n) is 10.1. The molecule has 0 unspecified atom stereocenters. The lowest BCUT2D eigenvalue weighted by molar-refractivity contribution is -0.139. The van der Waals surface area contributed by atoms with Gasteiger partial charge in [0.2, 0.25) is 0 Å². The Kier molecular flexibility index (Phi) is 1.16. The van der Waals surface area contributed by atoms with Crippen LogP contribution in [0.1, 0.15) is 27.0 Å². The highest BCUT2D eigenvalue weighted by molar-refractivity contribution is 5.73. The molecule has 0 aliphatic rings. The summed E-state index contributed by atoms with van der Waals surface area (Å²) >= 11 is 0. The van der Waals surface area contributed by atoms with Crippen LogP contribution in [-0.2, 0) is 4.79 Å². The van der Waals surface area contributed by atoms with Crippen molar-refractivity contribution >= 4 is 5.97 Å². The highest BCUT2D eigenvalue weighted by Crippen LogP contribution is 2.04. The van der Waals surface area contributed by atoms with Crippen LogP contribution in [-0.4, -0.2) is 17.1 Å². The molecule has 0 aromatic carbocycles. The fourth-order valence-corrected chi connectivity index (χ4v) is 0.313. The first-order chi connectivity index (χ1) is 6.05. The predicted octanol–water partition coefficient (Wildman–Crippen LogP) is 0.444. The van der Waals surface area contributed by atoms with Gasteiger partial charge in [-0.1, -0.05) is 20.2 Å². The minimum atomic E-state index is -2.90. The Morgan fingerprint density at radius 1 is 2.22 bits per heavy atom. The second-order valence-electron chi connectivity index (χ2n) is 1.56. The van der Waals surface area contributed by atoms with Crippen LogP contribution in [0.25, 0.3) is 0 Å². The molecule has 0 radical (unpaired) electrons. The van der Waals surface area contributed by atoms with Crippen LogP contribution in [0.4, 0.5) is 0 Å². The van der Waals surface area contributed by atoms with Crippen molar-refractivity contribution in [2.45, 2.75) is 26.2 Å². The third kappa shape index (κ3) is 2.46. The van der Waals surface area contributed by atoms with Crippen LogP contribution in [0.5, 0.6) is 0 Å². The van der Waals surface area contributed by atoms with E-state index in [9.17, 15) is 4.79 Å². The van der Waals surface area contributed by atoms with Gasteiger partial charge in [-0.2, -0.15) is 0 Å². The number of aliphatic carboxylic acids is 1. The van der Waals surface area contributed by atoms with E-state index in [1.807, 2.05) is 0 Å². The Balaban J connectivity index is 5.22. The van der Waals surface area contributed by atoms with Crippen LogP contribution < -0.4 is 5.73 Å². The average Bonchev–Trinajstić information content (AvgIpc) is 1.98. The molecule has 0 spiro atoms. The molecule has 0 amide bonds. The first-order valence-corrected chi connectivity index (χ1v) is 2.45. The highest BCUT2D eigenvalue weighted by Gasteiger charge is 2.17. The number of carboxylic acids is 1. The molecular formula is C6H13NO2. The summed E-state index contributed by atoms with van der Waals surface area (Å²) in [5, 5.41) is 8.55. The molecule has 0 fully saturated rings. The van der Waals surface area contributed by atoms with Gasteiger partial charge in [0.25, 0.3) is 0 Å². The summed E-state index contributed by atoms with van der Waals surface area (Å²) < 4.78 is 35.8. The van der Waals surface area contributed by atoms with Gasteiger partial charge in [-0.15, -0.1) is 0 Å². The maximum absolute atomic E-state index is 10.5. The van der Waals surface area contributed by atoms with Crippen LogP contribution >= 0.6 is 0 Å². The number of hydrogen-bond acceptors (Lipinski definition) is 2. The molecule has 3 atom stereocenters. The fourth-order valence-electron chi connectivity index (χ4n) is 0.313. The lowest BCUT2D eigenvalue weighted by atomic mass is 10.5. The monoisotopic (exact) mass is 140 g/mol. The molecule has 54 valence electrons. The Labute approximate surface area is 61.9 Å². The molecule has 0 aromatic heterocycles. The second kappa shape index (κ2) is 3.45. The lowest BCUT2D eigenvalue weighted by Gasteiger charge is -2.11. The van der Waals surface area contributed by atoms with Crippen molar-refractivity contribution in [1.82, 2.24) is 0 Å². The standard InChI is InChI=1S/C6H13NO2/c1-3-4(2)5(7)6(8)9/h4-5H,3,7H2,1-2H3,(H,8,9)/t4-,5-/m0/s1/i2+0D3,3D,4+1D,5+1,6+1,7+1/t3-,4+,5+/m1. The first-order valence-electron chi connectivity index (χ1n) is 5.03. The maximum Gasteiger partial charge on any atom is 0.320 e. The third-order valence-corrected chi connectivity index (χ3v) is 0.912. The van der Waals surface area contributed by atoms with Crippen molar-refractivity contribution in [2.75, 3.05) is 0 Å². The van der Waals surface area contributed by atoms with Gasteiger partial charge in [0.1, 0.15) is 6.04 Å². The van der Waals surface area contributed by atoms with E-state index in [0.717, 1.165) is 6.92 Å². The Morgan fingerprint density at radius 3 is 2.89 bits per heavy atom. The van der Waals surface area contributed by atoms with Gasteiger partial charge in [0.05, 0.1) is 0 Å². The van der Waals surface area contributed by atoms with E-state index in [2.05, 4.69) is 0 Å². The molecular weight excluding hydrogens is 122 g/mol. The first kappa shape index (κ1) is 3.01. The smallest absolute Gasteiger partial charge is 0.320 e. The van der Waals surface area contributed by atoms with Crippen LogP contribution in [0, 0.1) is 5.89 Å². The topological polar surface area (TPSA) is 63.3 Å². The Hall–Kier alpha value is -0.570. The summed E-state index contributed by atoms with van der Waals surface area (Å²) in [6, 6.07) is -1.90. The third-order valence-electron chi connectivity index (χ3n) is 0.912. The largest absolute Gasteiger partial charge is 0.480 e. The van der Waals surface area contributed by atoms with Crippen LogP contribution in [0.15, 0.2) is 0 Å². The normalized spacial score (nSPS) is 33.3. The summed E-state index contributed by atoms with van der Waals surface area (Å²) in [6.07, 6.45) is -1.42. The molecule has 0 bridgehead atoms. The van der Waals surface area contributed by atoms with E-state index in [1.54, 1.807) is 0 Å². The SMILES string of the molecule is [2H][C@H](C)[13C@@]([2H])([13C@H]([15NH2])[13C](=O)O)[12C]([2H])([2H])[2H]. The van der Waals surface area contributed by atoms with Gasteiger partial charge < -0.3 is 10.8 Å². The minimum absolute atomic E-state index is 1.14. The second-order valence-corrected chi connectivity index (χ2v) is 1.56. The van der Waals surface area contributed by atoms with Gasteiger partial charge in [0, 0.05) is 6.85 Å². The number of hydrogen-bond donors (Lipinski definition) is 2. The molecule has 3 heteroatoms. The maximum atomic E-state index is 10.5. The summed E-state index contributed by atoms with van der Waals surface area (Å²) in [5.74, 6) is -4.08. The molecule has 3 N–H and O–H groups in total. The molecule has 0 aromatic rings. The summed E-state index contributed by atoms with van der Waals surface area (Å²) in [6.45, 7) is -1.76. The predicted molar refractivity (Wildman–Crippen MR) is 35.1 cm³/mol. The zero-order chi connectivity index (χ0) is 11.7. The van der Waals surface area contributed by atoms with Gasteiger partial charge in [-0.05, 0) is 5.89 Å². The number of carboxylic acid groups (broad SMARTS) is 1. The van der Waals surface area contributed by atoms with Gasteiger partial charge >= 0.3 is 5.97 Å². The van der Waals surface area contributed by atoms with Crippen molar-refractivity contribution in [3.05, 3.63) is 0 Å². The number of rotatable bonds is 3. The van der Waals surface area contributed by atoms with E-state index >= 15 is 0 Å². The minimum Gasteiger partial charge on any atom is -0.480 e. The molecule has 0 saturated heterocycles. The quantitative estimate of drug-likeness (QED) is 0.441. The van der Waals surface area contributed by atoms with E-state index in [-0.39, 0.29) is 0 Å². The van der Waals surface area contributed by atoms with Gasteiger partial charge in [-0.3, -0.25) is 4.79 Å². The molecule has 0 rings (SSSR count). The van der Waals surface area contributed by atoms with Crippen molar-refractivity contribution < 1.29 is 16.8 Å². The van der Waals surface area contributed by atoms with Crippen molar-refractivity contribution in [3.8, 4) is 0 Å². The fraction of sp³-hybridized carbons (Fsp3) is 0.833. The van der Waals surface area contributed by atoms with Crippen LogP contribution in [0.2, 0.25) is 0 Å². The number of nitrogens with two attached hydrogens (primary N) is 1. The van der Waals surface area contributed by atoms with E-state index < -0.39 is 31.2 Å². The van der Waals surface area contributed by atoms with Crippen molar-refractivity contribution in [2.24, 2.45) is 11.6 Å². The summed E-state index contributed by atoms with van der Waals surface area (Å²) in [7, 11) is 0. The average molecular weight is 140 g/mol. The summed E-state index contributed by atoms with van der Waals surface area (Å²) in [4.78, 5) is 10.5. The lowest BCUT2D eigenvalue weighted by Crippen LogP contribution is -2.36. The highest BCUT2D eigenvalue weighted by atomic mass is 16.5. The molecule has 9 heavy (non-hydrogen) atoms. The summed E-state index contributed by atoms with van der Waals surface area (Å²) in [5.41, 5.74) is 5.12. The Bertz CT molecular complexity index is 229. The Morgan fingerprint density at radius 2 is 2.78 bits per heavy atom. The molecule has 3 nitrogen and oxygen atoms in total.